The van der Waals surface area contributed by atoms with Gasteiger partial charge in [-0.3, -0.25) is 4.79 Å². The summed E-state index contributed by atoms with van der Waals surface area (Å²) in [7, 11) is -3.39. The van der Waals surface area contributed by atoms with Crippen molar-refractivity contribution >= 4 is 34.2 Å². The van der Waals surface area contributed by atoms with Gasteiger partial charge in [-0.05, 0) is 31.4 Å². The summed E-state index contributed by atoms with van der Waals surface area (Å²) in [6.45, 7) is 6.73. The number of amides is 1. The van der Waals surface area contributed by atoms with Crippen molar-refractivity contribution in [3.63, 3.8) is 0 Å². The summed E-state index contributed by atoms with van der Waals surface area (Å²) in [5, 5.41) is 2.99. The van der Waals surface area contributed by atoms with Gasteiger partial charge in [0.05, 0.1) is 11.3 Å². The molecule has 1 atom stereocenters. The van der Waals surface area contributed by atoms with Crippen molar-refractivity contribution in [3.8, 4) is 0 Å². The average Bonchev–Trinajstić information content (AvgIpc) is 2.44. The number of rotatable bonds is 5. The molecule has 0 spiro atoms. The standard InChI is InChI=1S/C15H24N4O3S.ClH/c1-11(2)8-15(3,10-16)17-14(20)12-4-5-13-18-23(21,22)7-6-19(13)9-12;/h4-5,9,11H,6-8,10,16H2,1-3H3,(H,17,20);1H. The van der Waals surface area contributed by atoms with E-state index < -0.39 is 15.6 Å². The summed E-state index contributed by atoms with van der Waals surface area (Å²) in [4.78, 5) is 14.2. The molecular formula is C15H25ClN4O3S. The van der Waals surface area contributed by atoms with Crippen molar-refractivity contribution in [3.05, 3.63) is 23.9 Å². The number of amidine groups is 1. The lowest BCUT2D eigenvalue weighted by Crippen LogP contribution is -2.52. The highest BCUT2D eigenvalue weighted by Gasteiger charge is 2.29. The minimum Gasteiger partial charge on any atom is -0.346 e. The number of nitrogens with two attached hydrogens (primary N) is 1. The van der Waals surface area contributed by atoms with Crippen molar-refractivity contribution in [2.75, 3.05) is 18.8 Å². The molecule has 0 fully saturated rings. The molecule has 2 heterocycles. The third-order valence-corrected chi connectivity index (χ3v) is 4.97. The second kappa shape index (κ2) is 7.67. The van der Waals surface area contributed by atoms with E-state index in [2.05, 4.69) is 23.6 Å². The lowest BCUT2D eigenvalue weighted by Gasteiger charge is -2.32. The summed E-state index contributed by atoms with van der Waals surface area (Å²) in [5.74, 6) is 0.480. The van der Waals surface area contributed by atoms with Gasteiger partial charge in [0.15, 0.2) is 0 Å². The van der Waals surface area contributed by atoms with Crippen LogP contribution in [0.2, 0.25) is 0 Å². The van der Waals surface area contributed by atoms with Crippen LogP contribution >= 0.6 is 12.4 Å². The van der Waals surface area contributed by atoms with E-state index in [0.29, 0.717) is 30.4 Å². The number of hydrogen-bond acceptors (Lipinski definition) is 5. The maximum Gasteiger partial charge on any atom is 0.256 e. The minimum absolute atomic E-state index is 0. The van der Waals surface area contributed by atoms with Crippen LogP contribution in [0.5, 0.6) is 0 Å². The molecule has 0 bridgehead atoms. The van der Waals surface area contributed by atoms with Gasteiger partial charge in [-0.25, -0.2) is 8.42 Å². The van der Waals surface area contributed by atoms with Gasteiger partial charge in [0.1, 0.15) is 5.84 Å². The first-order chi connectivity index (χ1) is 10.6. The average molecular weight is 377 g/mol. The van der Waals surface area contributed by atoms with E-state index in [9.17, 15) is 13.2 Å². The highest BCUT2D eigenvalue weighted by atomic mass is 35.5. The molecule has 2 aliphatic rings. The molecule has 9 heteroatoms. The predicted octanol–water partition coefficient (Wildman–Crippen LogP) is 0.786. The van der Waals surface area contributed by atoms with E-state index in [4.69, 9.17) is 5.73 Å². The van der Waals surface area contributed by atoms with Gasteiger partial charge in [-0.2, -0.15) is 0 Å². The van der Waals surface area contributed by atoms with Crippen LogP contribution in [0.3, 0.4) is 0 Å². The van der Waals surface area contributed by atoms with Crippen LogP contribution in [0.15, 0.2) is 28.3 Å². The Labute approximate surface area is 149 Å². The monoisotopic (exact) mass is 376 g/mol. The quantitative estimate of drug-likeness (QED) is 0.737. The van der Waals surface area contributed by atoms with E-state index in [1.54, 1.807) is 23.3 Å². The zero-order valence-electron chi connectivity index (χ0n) is 14.2. The highest BCUT2D eigenvalue weighted by Crippen LogP contribution is 2.19. The Kier molecular flexibility index (Phi) is 6.60. The number of carbonyl (C=O) groups excluding carboxylic acids is 1. The zero-order valence-corrected chi connectivity index (χ0v) is 15.8. The first-order valence-electron chi connectivity index (χ1n) is 7.66. The van der Waals surface area contributed by atoms with Crippen LogP contribution in [-0.4, -0.2) is 49.4 Å². The second-order valence-electron chi connectivity index (χ2n) is 6.66. The Balaban J connectivity index is 0.00000288. The third-order valence-electron chi connectivity index (χ3n) is 3.81. The molecule has 0 aliphatic carbocycles. The van der Waals surface area contributed by atoms with Crippen LogP contribution in [0.1, 0.15) is 27.2 Å². The molecule has 0 aromatic carbocycles. The molecule has 0 saturated carbocycles. The fraction of sp³-hybridized carbons (Fsp3) is 0.600. The number of nitrogens with zero attached hydrogens (tertiary/aromatic N) is 2. The molecule has 0 radical (unpaired) electrons. The van der Waals surface area contributed by atoms with E-state index in [1.807, 2.05) is 6.92 Å². The lowest BCUT2D eigenvalue weighted by atomic mass is 9.90. The third kappa shape index (κ3) is 5.06. The molecule has 3 N–H and O–H groups in total. The Morgan fingerprint density at radius 3 is 2.71 bits per heavy atom. The first kappa shape index (κ1) is 20.7. The van der Waals surface area contributed by atoms with Crippen LogP contribution in [0.25, 0.3) is 0 Å². The van der Waals surface area contributed by atoms with Crippen molar-refractivity contribution in [2.24, 2.45) is 16.0 Å². The maximum absolute atomic E-state index is 12.5. The van der Waals surface area contributed by atoms with E-state index in [0.717, 1.165) is 6.42 Å². The molecule has 0 aromatic heterocycles. The molecule has 1 unspecified atom stereocenters. The van der Waals surface area contributed by atoms with Crippen LogP contribution in [0, 0.1) is 5.92 Å². The SMILES string of the molecule is CC(C)CC(C)(CN)NC(=O)C1=CN2CCS(=O)(=O)N=C2C=C1.Cl. The largest absolute Gasteiger partial charge is 0.346 e. The molecule has 0 aromatic rings. The van der Waals surface area contributed by atoms with Crippen molar-refractivity contribution in [1.29, 1.82) is 0 Å². The normalized spacial score (nSPS) is 21.1. The van der Waals surface area contributed by atoms with Gasteiger partial charge >= 0.3 is 0 Å². The number of halogens is 1. The summed E-state index contributed by atoms with van der Waals surface area (Å²) in [5.41, 5.74) is 5.81. The number of hydrogen-bond donors (Lipinski definition) is 2. The molecule has 136 valence electrons. The summed E-state index contributed by atoms with van der Waals surface area (Å²) < 4.78 is 26.7. The maximum atomic E-state index is 12.5. The molecule has 2 rings (SSSR count). The first-order valence-corrected chi connectivity index (χ1v) is 9.27. The smallest absolute Gasteiger partial charge is 0.256 e. The minimum atomic E-state index is -3.39. The van der Waals surface area contributed by atoms with Gasteiger partial charge < -0.3 is 16.0 Å². The van der Waals surface area contributed by atoms with Gasteiger partial charge in [0, 0.05) is 24.8 Å². The Bertz CT molecular complexity index is 685. The Hall–Kier alpha value is -1.38. The van der Waals surface area contributed by atoms with Crippen LogP contribution in [-0.2, 0) is 14.8 Å². The molecule has 7 nitrogen and oxygen atoms in total. The summed E-state index contributed by atoms with van der Waals surface area (Å²) >= 11 is 0. The summed E-state index contributed by atoms with van der Waals surface area (Å²) in [6, 6.07) is 0. The van der Waals surface area contributed by atoms with Gasteiger partial charge in [0.25, 0.3) is 15.9 Å². The van der Waals surface area contributed by atoms with Crippen LogP contribution in [0.4, 0.5) is 0 Å². The Morgan fingerprint density at radius 1 is 1.46 bits per heavy atom. The molecule has 1 amide bonds. The van der Waals surface area contributed by atoms with E-state index in [1.165, 1.54) is 0 Å². The summed E-state index contributed by atoms with van der Waals surface area (Å²) in [6.07, 6.45) is 5.54. The fourth-order valence-corrected chi connectivity index (χ4v) is 3.74. The molecular weight excluding hydrogens is 352 g/mol. The van der Waals surface area contributed by atoms with Gasteiger partial charge in [-0.1, -0.05) is 13.8 Å². The number of nitrogens with one attached hydrogen (secondary N) is 1. The van der Waals surface area contributed by atoms with Crippen LogP contribution < -0.4 is 11.1 Å². The van der Waals surface area contributed by atoms with Gasteiger partial charge in [-0.15, -0.1) is 16.8 Å². The number of fused-ring (bicyclic) bond motifs is 1. The van der Waals surface area contributed by atoms with Crippen molar-refractivity contribution in [2.45, 2.75) is 32.7 Å². The molecule has 2 aliphatic heterocycles. The topological polar surface area (TPSA) is 105 Å². The number of carbonyl (C=O) groups is 1. The van der Waals surface area contributed by atoms with Gasteiger partial charge in [0.2, 0.25) is 0 Å². The zero-order chi connectivity index (χ0) is 17.3. The molecule has 24 heavy (non-hydrogen) atoms. The van der Waals surface area contributed by atoms with E-state index >= 15 is 0 Å². The number of sulfonamides is 1. The lowest BCUT2D eigenvalue weighted by molar-refractivity contribution is -0.119. The highest BCUT2D eigenvalue weighted by molar-refractivity contribution is 7.90. The predicted molar refractivity (Wildman–Crippen MR) is 97.5 cm³/mol. The fourth-order valence-electron chi connectivity index (χ4n) is 2.77. The Morgan fingerprint density at radius 2 is 2.12 bits per heavy atom. The molecule has 0 saturated heterocycles. The van der Waals surface area contributed by atoms with Crippen molar-refractivity contribution in [1.82, 2.24) is 10.2 Å². The second-order valence-corrected chi connectivity index (χ2v) is 8.42. The van der Waals surface area contributed by atoms with E-state index in [-0.39, 0.29) is 24.1 Å². The van der Waals surface area contributed by atoms with Crippen molar-refractivity contribution < 1.29 is 13.2 Å².